The van der Waals surface area contributed by atoms with E-state index in [4.69, 9.17) is 0 Å². The summed E-state index contributed by atoms with van der Waals surface area (Å²) in [6.07, 6.45) is -1.18. The van der Waals surface area contributed by atoms with Crippen molar-refractivity contribution in [1.29, 1.82) is 0 Å². The van der Waals surface area contributed by atoms with Crippen molar-refractivity contribution in [2.24, 2.45) is 4.99 Å². The standard InChI is InChI=1S/C13H12F3N3O/c1-17-8-2-3-9-4-6-10(7-5-9)11-18-12(20-19-11)13(14,15)16/h4-8H,2-3H2,1H3. The van der Waals surface area contributed by atoms with E-state index >= 15 is 0 Å². The minimum Gasteiger partial charge on any atom is -0.329 e. The number of halogens is 3. The van der Waals surface area contributed by atoms with Crippen molar-refractivity contribution in [1.82, 2.24) is 10.1 Å². The van der Waals surface area contributed by atoms with Crippen LogP contribution in [0.1, 0.15) is 17.9 Å². The number of alkyl halides is 3. The highest BCUT2D eigenvalue weighted by atomic mass is 19.4. The lowest BCUT2D eigenvalue weighted by Gasteiger charge is -1.99. The van der Waals surface area contributed by atoms with Gasteiger partial charge in [0.05, 0.1) is 0 Å². The monoisotopic (exact) mass is 283 g/mol. The summed E-state index contributed by atoms with van der Waals surface area (Å²) >= 11 is 0. The van der Waals surface area contributed by atoms with Crippen molar-refractivity contribution in [2.75, 3.05) is 7.05 Å². The Balaban J connectivity index is 2.11. The minimum absolute atomic E-state index is 0.0704. The summed E-state index contributed by atoms with van der Waals surface area (Å²) in [6.45, 7) is 0. The van der Waals surface area contributed by atoms with Gasteiger partial charge in [0.15, 0.2) is 0 Å². The van der Waals surface area contributed by atoms with Gasteiger partial charge in [0.25, 0.3) is 0 Å². The molecule has 0 aliphatic carbocycles. The average molecular weight is 283 g/mol. The van der Waals surface area contributed by atoms with Gasteiger partial charge in [0.1, 0.15) is 0 Å². The molecule has 0 unspecified atom stereocenters. The van der Waals surface area contributed by atoms with Crippen LogP contribution < -0.4 is 0 Å². The van der Waals surface area contributed by atoms with Crippen LogP contribution >= 0.6 is 0 Å². The third kappa shape index (κ3) is 3.43. The van der Waals surface area contributed by atoms with Crippen LogP contribution in [0.25, 0.3) is 11.4 Å². The van der Waals surface area contributed by atoms with Crippen molar-refractivity contribution in [3.63, 3.8) is 0 Å². The number of aromatic nitrogens is 2. The first-order chi connectivity index (χ1) is 9.50. The molecule has 2 rings (SSSR count). The van der Waals surface area contributed by atoms with E-state index in [1.165, 1.54) is 0 Å². The van der Waals surface area contributed by atoms with Crippen LogP contribution in [0.5, 0.6) is 0 Å². The largest absolute Gasteiger partial charge is 0.471 e. The van der Waals surface area contributed by atoms with Gasteiger partial charge in [-0.3, -0.25) is 0 Å². The molecule has 1 heterocycles. The van der Waals surface area contributed by atoms with Crippen molar-refractivity contribution >= 4 is 6.21 Å². The fraction of sp³-hybridized carbons (Fsp3) is 0.308. The predicted octanol–water partition coefficient (Wildman–Crippen LogP) is 3.39. The lowest BCUT2D eigenvalue weighted by Crippen LogP contribution is -2.04. The van der Waals surface area contributed by atoms with E-state index in [9.17, 15) is 13.2 Å². The fourth-order valence-corrected chi connectivity index (χ4v) is 1.64. The van der Waals surface area contributed by atoms with Crippen LogP contribution in [0.4, 0.5) is 13.2 Å². The maximum absolute atomic E-state index is 12.3. The van der Waals surface area contributed by atoms with E-state index in [1.807, 2.05) is 18.3 Å². The highest BCUT2D eigenvalue weighted by Crippen LogP contribution is 2.29. The Morgan fingerprint density at radius 2 is 1.95 bits per heavy atom. The van der Waals surface area contributed by atoms with Crippen molar-refractivity contribution in [3.05, 3.63) is 35.7 Å². The van der Waals surface area contributed by atoms with Gasteiger partial charge in [0.2, 0.25) is 5.82 Å². The quantitative estimate of drug-likeness (QED) is 0.808. The van der Waals surface area contributed by atoms with Crippen molar-refractivity contribution < 1.29 is 17.7 Å². The van der Waals surface area contributed by atoms with E-state index < -0.39 is 12.1 Å². The second kappa shape index (κ2) is 5.85. The molecule has 1 aromatic carbocycles. The summed E-state index contributed by atoms with van der Waals surface area (Å²) in [4.78, 5) is 7.21. The molecule has 106 valence electrons. The lowest BCUT2D eigenvalue weighted by molar-refractivity contribution is -0.159. The Bertz CT molecular complexity index is 588. The molecule has 0 radical (unpaired) electrons. The van der Waals surface area contributed by atoms with Gasteiger partial charge in [-0.2, -0.15) is 18.2 Å². The summed E-state index contributed by atoms with van der Waals surface area (Å²) in [5.74, 6) is -1.41. The molecule has 7 heteroatoms. The molecular weight excluding hydrogens is 271 g/mol. The van der Waals surface area contributed by atoms with Crippen LogP contribution in [-0.2, 0) is 12.6 Å². The molecule has 20 heavy (non-hydrogen) atoms. The third-order valence-electron chi connectivity index (χ3n) is 2.63. The smallest absolute Gasteiger partial charge is 0.329 e. The number of rotatable bonds is 4. The minimum atomic E-state index is -4.62. The molecule has 0 atom stereocenters. The Morgan fingerprint density at radius 1 is 1.25 bits per heavy atom. The Kier molecular flexibility index (Phi) is 4.16. The van der Waals surface area contributed by atoms with Crippen molar-refractivity contribution in [2.45, 2.75) is 19.0 Å². The number of aryl methyl sites for hydroxylation is 1. The molecule has 0 aliphatic rings. The van der Waals surface area contributed by atoms with Gasteiger partial charge in [-0.1, -0.05) is 29.4 Å². The topological polar surface area (TPSA) is 51.3 Å². The highest BCUT2D eigenvalue weighted by molar-refractivity contribution is 5.58. The van der Waals surface area contributed by atoms with Crippen molar-refractivity contribution in [3.8, 4) is 11.4 Å². The van der Waals surface area contributed by atoms with Crippen LogP contribution in [0.3, 0.4) is 0 Å². The van der Waals surface area contributed by atoms with E-state index in [0.29, 0.717) is 5.56 Å². The summed E-state index contributed by atoms with van der Waals surface area (Å²) in [7, 11) is 1.71. The first kappa shape index (κ1) is 14.2. The third-order valence-corrected chi connectivity index (χ3v) is 2.63. The second-order valence-electron chi connectivity index (χ2n) is 4.10. The van der Waals surface area contributed by atoms with Gasteiger partial charge in [-0.05, 0) is 24.6 Å². The van der Waals surface area contributed by atoms with Gasteiger partial charge < -0.3 is 9.52 Å². The zero-order chi connectivity index (χ0) is 14.6. The number of hydrogen-bond donors (Lipinski definition) is 0. The summed E-state index contributed by atoms with van der Waals surface area (Å²) in [6, 6.07) is 6.98. The molecule has 1 aromatic heterocycles. The van der Waals surface area contributed by atoms with Gasteiger partial charge >= 0.3 is 12.1 Å². The number of nitrogens with zero attached hydrogens (tertiary/aromatic N) is 3. The Labute approximate surface area is 113 Å². The molecule has 0 fully saturated rings. The first-order valence-electron chi connectivity index (χ1n) is 5.91. The highest BCUT2D eigenvalue weighted by Gasteiger charge is 2.38. The van der Waals surface area contributed by atoms with Gasteiger partial charge in [0, 0.05) is 12.6 Å². The summed E-state index contributed by atoms with van der Waals surface area (Å²) < 4.78 is 41.2. The molecule has 0 bridgehead atoms. The Morgan fingerprint density at radius 3 is 2.50 bits per heavy atom. The molecule has 0 saturated heterocycles. The van der Waals surface area contributed by atoms with E-state index in [0.717, 1.165) is 18.4 Å². The molecule has 0 N–H and O–H groups in total. The van der Waals surface area contributed by atoms with Crippen LogP contribution in [0.15, 0.2) is 33.8 Å². The zero-order valence-corrected chi connectivity index (χ0v) is 10.7. The van der Waals surface area contributed by atoms with E-state index in [-0.39, 0.29) is 5.82 Å². The maximum atomic E-state index is 12.3. The van der Waals surface area contributed by atoms with Gasteiger partial charge in [-0.15, -0.1) is 0 Å². The molecule has 0 aliphatic heterocycles. The first-order valence-corrected chi connectivity index (χ1v) is 5.91. The molecule has 0 saturated carbocycles. The number of benzene rings is 1. The molecule has 2 aromatic rings. The molecule has 0 spiro atoms. The second-order valence-corrected chi connectivity index (χ2v) is 4.10. The maximum Gasteiger partial charge on any atom is 0.471 e. The average Bonchev–Trinajstić information content (AvgIpc) is 2.89. The molecular formula is C13H12F3N3O. The number of hydrogen-bond acceptors (Lipinski definition) is 4. The molecule has 4 nitrogen and oxygen atoms in total. The summed E-state index contributed by atoms with van der Waals surface area (Å²) in [5, 5.41) is 3.33. The van der Waals surface area contributed by atoms with Crippen LogP contribution in [0.2, 0.25) is 0 Å². The molecule has 0 amide bonds. The lowest BCUT2D eigenvalue weighted by atomic mass is 10.1. The summed E-state index contributed by atoms with van der Waals surface area (Å²) in [5.41, 5.74) is 1.55. The fourth-order valence-electron chi connectivity index (χ4n) is 1.64. The normalized spacial score (nSPS) is 12.2. The van der Waals surface area contributed by atoms with E-state index in [1.54, 1.807) is 19.2 Å². The predicted molar refractivity (Wildman–Crippen MR) is 67.5 cm³/mol. The van der Waals surface area contributed by atoms with Crippen LogP contribution in [0, 0.1) is 0 Å². The zero-order valence-electron chi connectivity index (χ0n) is 10.7. The Hall–Kier alpha value is -2.18. The number of aliphatic imine (C=N–C) groups is 1. The van der Waals surface area contributed by atoms with Gasteiger partial charge in [-0.25, -0.2) is 0 Å². The SMILES string of the molecule is CN=CCCc1ccc(-c2noc(C(F)(F)F)n2)cc1. The van der Waals surface area contributed by atoms with Crippen LogP contribution in [-0.4, -0.2) is 23.4 Å². The van der Waals surface area contributed by atoms with E-state index in [2.05, 4.69) is 19.7 Å².